The molecule has 4 atom stereocenters. The number of hydrogen-bond acceptors (Lipinski definition) is 4. The van der Waals surface area contributed by atoms with Crippen LogP contribution < -0.4 is 4.90 Å². The Balaban J connectivity index is 1.20. The highest BCUT2D eigenvalue weighted by Crippen LogP contribution is 2.62. The minimum absolute atomic E-state index is 0.630. The molecular weight excluding hydrogens is 503 g/mol. The fourth-order valence-electron chi connectivity index (χ4n) is 7.56. The van der Waals surface area contributed by atoms with Gasteiger partial charge in [-0.25, -0.2) is 0 Å². The molecular formula is C34H35NOS2. The molecule has 7 rings (SSSR count). The van der Waals surface area contributed by atoms with Crippen molar-refractivity contribution >= 4 is 40.3 Å². The number of unbranched alkanes of at least 4 members (excludes halogenated alkanes) is 3. The van der Waals surface area contributed by atoms with Crippen LogP contribution in [0, 0.1) is 11.8 Å². The van der Waals surface area contributed by atoms with Crippen LogP contribution in [0.1, 0.15) is 78.6 Å². The predicted octanol–water partition coefficient (Wildman–Crippen LogP) is 10.1. The van der Waals surface area contributed by atoms with Crippen LogP contribution in [-0.2, 0) is 6.42 Å². The van der Waals surface area contributed by atoms with Gasteiger partial charge in [0.05, 0.1) is 4.88 Å². The van der Waals surface area contributed by atoms with Gasteiger partial charge in [-0.05, 0) is 97.0 Å². The van der Waals surface area contributed by atoms with Crippen molar-refractivity contribution in [2.75, 3.05) is 4.90 Å². The molecule has 3 heterocycles. The highest BCUT2D eigenvalue weighted by atomic mass is 32.1. The zero-order valence-electron chi connectivity index (χ0n) is 22.1. The van der Waals surface area contributed by atoms with E-state index in [9.17, 15) is 4.79 Å². The monoisotopic (exact) mass is 537 g/mol. The number of thiophene rings is 2. The van der Waals surface area contributed by atoms with E-state index in [2.05, 4.69) is 72.5 Å². The van der Waals surface area contributed by atoms with Gasteiger partial charge >= 0.3 is 0 Å². The van der Waals surface area contributed by atoms with Gasteiger partial charge in [0.25, 0.3) is 0 Å². The Bertz CT molecular complexity index is 1450. The SMILES string of the molecule is CCCCCCc1cc(-c2ccc(N3c4ccccc4C4C5CCC(C5)C43)cc2)sc1-c1ccc(C=O)s1. The zero-order valence-corrected chi connectivity index (χ0v) is 23.7. The number of para-hydroxylation sites is 1. The summed E-state index contributed by atoms with van der Waals surface area (Å²) in [6.45, 7) is 2.27. The summed E-state index contributed by atoms with van der Waals surface area (Å²) in [5, 5.41) is 0. The molecule has 0 radical (unpaired) electrons. The Labute approximate surface area is 234 Å². The third-order valence-electron chi connectivity index (χ3n) is 9.23. The van der Waals surface area contributed by atoms with Gasteiger partial charge in [0, 0.05) is 38.0 Å². The molecule has 2 aliphatic carbocycles. The highest BCUT2D eigenvalue weighted by molar-refractivity contribution is 7.24. The highest BCUT2D eigenvalue weighted by Gasteiger charge is 2.55. The molecule has 2 aromatic carbocycles. The number of aryl methyl sites for hydroxylation is 1. The molecule has 2 bridgehead atoms. The second kappa shape index (κ2) is 10.1. The van der Waals surface area contributed by atoms with Gasteiger partial charge in [-0.15, -0.1) is 22.7 Å². The van der Waals surface area contributed by atoms with E-state index >= 15 is 0 Å². The van der Waals surface area contributed by atoms with E-state index in [1.807, 2.05) is 17.4 Å². The van der Waals surface area contributed by atoms with Gasteiger partial charge in [0.15, 0.2) is 6.29 Å². The van der Waals surface area contributed by atoms with Crippen LogP contribution >= 0.6 is 22.7 Å². The van der Waals surface area contributed by atoms with Crippen molar-refractivity contribution < 1.29 is 4.79 Å². The largest absolute Gasteiger partial charge is 0.337 e. The molecule has 0 spiro atoms. The number of carbonyl (C=O) groups excluding carboxylic acids is 1. The number of aldehydes is 1. The first kappa shape index (κ1) is 24.4. The van der Waals surface area contributed by atoms with Gasteiger partial charge in [-0.3, -0.25) is 4.79 Å². The zero-order chi connectivity index (χ0) is 25.6. The van der Waals surface area contributed by atoms with Crippen molar-refractivity contribution in [3.8, 4) is 20.2 Å². The van der Waals surface area contributed by atoms with E-state index in [-0.39, 0.29) is 0 Å². The summed E-state index contributed by atoms with van der Waals surface area (Å²) in [4.78, 5) is 18.7. The lowest BCUT2D eigenvalue weighted by atomic mass is 9.82. The Morgan fingerprint density at radius 3 is 2.55 bits per heavy atom. The van der Waals surface area contributed by atoms with Crippen molar-refractivity contribution in [3.63, 3.8) is 0 Å². The molecule has 2 nitrogen and oxygen atoms in total. The van der Waals surface area contributed by atoms with Gasteiger partial charge in [-0.2, -0.15) is 0 Å². The molecule has 0 N–H and O–H groups in total. The molecule has 0 saturated heterocycles. The van der Waals surface area contributed by atoms with Crippen molar-refractivity contribution in [1.82, 2.24) is 0 Å². The summed E-state index contributed by atoms with van der Waals surface area (Å²) in [5.41, 5.74) is 7.08. The minimum atomic E-state index is 0.630. The Morgan fingerprint density at radius 2 is 1.74 bits per heavy atom. The lowest BCUT2D eigenvalue weighted by Gasteiger charge is -2.33. The maximum Gasteiger partial charge on any atom is 0.160 e. The first-order valence-corrected chi connectivity index (χ1v) is 16.0. The average Bonchev–Trinajstić information content (AvgIpc) is 3.78. The van der Waals surface area contributed by atoms with Crippen molar-refractivity contribution in [2.45, 2.75) is 70.3 Å². The number of nitrogens with zero attached hydrogens (tertiary/aromatic N) is 1. The molecule has 38 heavy (non-hydrogen) atoms. The van der Waals surface area contributed by atoms with Crippen molar-refractivity contribution in [1.29, 1.82) is 0 Å². The third kappa shape index (κ3) is 4.08. The predicted molar refractivity (Wildman–Crippen MR) is 162 cm³/mol. The van der Waals surface area contributed by atoms with E-state index < -0.39 is 0 Å². The third-order valence-corrected chi connectivity index (χ3v) is 11.6. The van der Waals surface area contributed by atoms with Crippen LogP contribution in [0.4, 0.5) is 11.4 Å². The van der Waals surface area contributed by atoms with E-state index in [1.165, 1.54) is 82.1 Å². The number of rotatable bonds is 9. The lowest BCUT2D eigenvalue weighted by molar-refractivity contribution is 0.112. The summed E-state index contributed by atoms with van der Waals surface area (Å²) in [7, 11) is 0. The first-order valence-electron chi connectivity index (χ1n) is 14.4. The summed E-state index contributed by atoms with van der Waals surface area (Å²) >= 11 is 3.50. The van der Waals surface area contributed by atoms with E-state index in [1.54, 1.807) is 16.9 Å². The number of carbonyl (C=O) groups is 1. The van der Waals surface area contributed by atoms with Gasteiger partial charge in [-0.1, -0.05) is 56.5 Å². The van der Waals surface area contributed by atoms with Crippen LogP contribution in [0.25, 0.3) is 20.2 Å². The summed E-state index contributed by atoms with van der Waals surface area (Å²) in [6, 6.07) is 25.7. The quantitative estimate of drug-likeness (QED) is 0.156. The minimum Gasteiger partial charge on any atom is -0.337 e. The van der Waals surface area contributed by atoms with Gasteiger partial charge in [0.1, 0.15) is 0 Å². The van der Waals surface area contributed by atoms with Crippen LogP contribution in [-0.4, -0.2) is 12.3 Å². The lowest BCUT2D eigenvalue weighted by Crippen LogP contribution is -2.35. The van der Waals surface area contributed by atoms with Gasteiger partial charge in [0.2, 0.25) is 0 Å². The smallest absolute Gasteiger partial charge is 0.160 e. The normalized spacial score (nSPS) is 23.1. The maximum atomic E-state index is 11.3. The van der Waals surface area contributed by atoms with E-state index in [0.29, 0.717) is 12.0 Å². The molecule has 2 saturated carbocycles. The Morgan fingerprint density at radius 1 is 0.895 bits per heavy atom. The summed E-state index contributed by atoms with van der Waals surface area (Å²) in [5.74, 6) is 2.41. The molecule has 1 aliphatic heterocycles. The molecule has 4 aromatic rings. The number of fused-ring (bicyclic) bond motifs is 7. The van der Waals surface area contributed by atoms with Crippen molar-refractivity contribution in [3.05, 3.63) is 82.7 Å². The average molecular weight is 538 g/mol. The standard InChI is InChI=1S/C34H35NOS2/c1-2-3-4-5-8-25-20-31(38-34(25)30-18-17-27(21-36)37-30)22-13-15-26(16-14-22)35-29-10-7-6-9-28(29)32-23-11-12-24(19-23)33(32)35/h6-7,9-10,13-18,20-21,23-24,32-33H,2-5,8,11-12,19H2,1H3. The maximum absolute atomic E-state index is 11.3. The van der Waals surface area contributed by atoms with E-state index in [4.69, 9.17) is 0 Å². The second-order valence-electron chi connectivity index (χ2n) is 11.4. The Hall–Kier alpha value is -2.69. The molecule has 2 fully saturated rings. The Kier molecular flexibility index (Phi) is 6.49. The van der Waals surface area contributed by atoms with E-state index in [0.717, 1.165) is 29.4 Å². The molecule has 4 unspecified atom stereocenters. The van der Waals surface area contributed by atoms with Crippen LogP contribution in [0.5, 0.6) is 0 Å². The molecule has 0 amide bonds. The first-order chi connectivity index (χ1) is 18.7. The second-order valence-corrected chi connectivity index (χ2v) is 13.6. The number of hydrogen-bond donors (Lipinski definition) is 0. The summed E-state index contributed by atoms with van der Waals surface area (Å²) < 4.78 is 0. The van der Waals surface area contributed by atoms with Crippen LogP contribution in [0.3, 0.4) is 0 Å². The van der Waals surface area contributed by atoms with Gasteiger partial charge < -0.3 is 4.90 Å². The number of benzene rings is 2. The fraction of sp³-hybridized carbons (Fsp3) is 0.382. The van der Waals surface area contributed by atoms with Crippen LogP contribution in [0.2, 0.25) is 0 Å². The topological polar surface area (TPSA) is 20.3 Å². The van der Waals surface area contributed by atoms with Crippen molar-refractivity contribution in [2.24, 2.45) is 11.8 Å². The number of anilines is 2. The molecule has 194 valence electrons. The molecule has 2 aromatic heterocycles. The molecule has 4 heteroatoms. The summed E-state index contributed by atoms with van der Waals surface area (Å²) in [6.07, 6.45) is 11.3. The van der Waals surface area contributed by atoms with Crippen LogP contribution in [0.15, 0.2) is 66.7 Å². The molecule has 3 aliphatic rings. The fourth-order valence-corrected chi connectivity index (χ4v) is 9.75.